The number of carbonyl (C=O) groups excluding carboxylic acids is 2. The number of hydrogen-bond donors (Lipinski definition) is 1. The van der Waals surface area contributed by atoms with Gasteiger partial charge in [-0.05, 0) is 13.0 Å². The summed E-state index contributed by atoms with van der Waals surface area (Å²) in [7, 11) is 3.54. The van der Waals surface area contributed by atoms with Crippen molar-refractivity contribution in [3.05, 3.63) is 41.5 Å². The Hall–Kier alpha value is -2.37. The summed E-state index contributed by atoms with van der Waals surface area (Å²) in [5.74, 6) is -0.221. The van der Waals surface area contributed by atoms with Crippen molar-refractivity contribution in [3.63, 3.8) is 0 Å². The highest BCUT2D eigenvalue weighted by atomic mass is 16.2. The van der Waals surface area contributed by atoms with Gasteiger partial charge in [0.2, 0.25) is 0 Å². The number of hydrogen-bond acceptors (Lipinski definition) is 3. The summed E-state index contributed by atoms with van der Waals surface area (Å²) in [4.78, 5) is 27.7. The van der Waals surface area contributed by atoms with Crippen LogP contribution in [0.4, 0.5) is 0 Å². The fourth-order valence-corrected chi connectivity index (χ4v) is 1.83. The number of Topliss-reactive ketones (excluding diaryl/α,β-unsaturated/α-hetero) is 1. The van der Waals surface area contributed by atoms with E-state index in [2.05, 4.69) is 10.1 Å². The monoisotopic (exact) mass is 260 g/mol. The highest BCUT2D eigenvalue weighted by molar-refractivity contribution is 5.98. The number of H-pyrrole nitrogens is 1. The maximum absolute atomic E-state index is 12.1. The zero-order valence-electron chi connectivity index (χ0n) is 11.2. The van der Waals surface area contributed by atoms with E-state index in [0.29, 0.717) is 17.8 Å². The van der Waals surface area contributed by atoms with Crippen LogP contribution in [0.3, 0.4) is 0 Å². The second-order valence-corrected chi connectivity index (χ2v) is 4.54. The first-order chi connectivity index (χ1) is 8.97. The molecule has 0 atom stereocenters. The number of aromatic amines is 1. The Morgan fingerprint density at radius 3 is 2.74 bits per heavy atom. The molecule has 19 heavy (non-hydrogen) atoms. The summed E-state index contributed by atoms with van der Waals surface area (Å²) in [6.45, 7) is 1.94. The highest BCUT2D eigenvalue weighted by Gasteiger charge is 2.15. The summed E-state index contributed by atoms with van der Waals surface area (Å²) < 4.78 is 1.69. The second-order valence-electron chi connectivity index (χ2n) is 4.54. The third kappa shape index (κ3) is 2.90. The van der Waals surface area contributed by atoms with Gasteiger partial charge in [-0.1, -0.05) is 0 Å². The first-order valence-corrected chi connectivity index (χ1v) is 5.89. The molecule has 0 fully saturated rings. The van der Waals surface area contributed by atoms with E-state index in [-0.39, 0.29) is 11.7 Å². The van der Waals surface area contributed by atoms with Gasteiger partial charge in [-0.2, -0.15) is 5.10 Å². The van der Waals surface area contributed by atoms with Gasteiger partial charge in [0.1, 0.15) is 5.69 Å². The van der Waals surface area contributed by atoms with E-state index in [9.17, 15) is 9.59 Å². The molecule has 6 nitrogen and oxygen atoms in total. The standard InChI is InChI=1S/C13H16N4O2/c1-9(18)11-4-12(14-6-11)13(19)16(2)7-10-5-15-17(3)8-10/h4-6,8,14H,7H2,1-3H3. The molecule has 0 aliphatic carbocycles. The zero-order chi connectivity index (χ0) is 14.0. The molecule has 0 spiro atoms. The minimum Gasteiger partial charge on any atom is -0.356 e. The molecule has 0 aliphatic rings. The Balaban J connectivity index is 2.07. The van der Waals surface area contributed by atoms with Crippen molar-refractivity contribution < 1.29 is 9.59 Å². The molecule has 0 aliphatic heterocycles. The van der Waals surface area contributed by atoms with Gasteiger partial charge in [0.15, 0.2) is 5.78 Å². The van der Waals surface area contributed by atoms with Crippen LogP contribution in [0.1, 0.15) is 33.3 Å². The summed E-state index contributed by atoms with van der Waals surface area (Å²) in [5.41, 5.74) is 1.88. The smallest absolute Gasteiger partial charge is 0.270 e. The molecule has 2 heterocycles. The van der Waals surface area contributed by atoms with E-state index in [1.807, 2.05) is 13.2 Å². The van der Waals surface area contributed by atoms with Crippen molar-refractivity contribution in [2.24, 2.45) is 7.05 Å². The number of amides is 1. The van der Waals surface area contributed by atoms with Crippen LogP contribution in [0.5, 0.6) is 0 Å². The molecule has 1 amide bonds. The lowest BCUT2D eigenvalue weighted by molar-refractivity contribution is 0.0780. The van der Waals surface area contributed by atoms with Gasteiger partial charge in [-0.3, -0.25) is 14.3 Å². The fourth-order valence-electron chi connectivity index (χ4n) is 1.83. The highest BCUT2D eigenvalue weighted by Crippen LogP contribution is 2.09. The molecule has 0 unspecified atom stereocenters. The van der Waals surface area contributed by atoms with Crippen molar-refractivity contribution in [2.45, 2.75) is 13.5 Å². The normalized spacial score (nSPS) is 10.5. The zero-order valence-corrected chi connectivity index (χ0v) is 11.2. The predicted octanol–water partition coefficient (Wildman–Crippen LogP) is 1.22. The Morgan fingerprint density at radius 1 is 1.47 bits per heavy atom. The quantitative estimate of drug-likeness (QED) is 0.840. The van der Waals surface area contributed by atoms with Crippen LogP contribution in [0.25, 0.3) is 0 Å². The number of ketones is 1. The van der Waals surface area contributed by atoms with Crippen LogP contribution in [-0.4, -0.2) is 38.4 Å². The predicted molar refractivity (Wildman–Crippen MR) is 69.8 cm³/mol. The third-order valence-corrected chi connectivity index (χ3v) is 2.84. The topological polar surface area (TPSA) is 71.0 Å². The molecule has 0 bridgehead atoms. The number of nitrogens with zero attached hydrogens (tertiary/aromatic N) is 3. The van der Waals surface area contributed by atoms with Crippen molar-refractivity contribution in [2.75, 3.05) is 7.05 Å². The van der Waals surface area contributed by atoms with Crippen molar-refractivity contribution in [1.29, 1.82) is 0 Å². The lowest BCUT2D eigenvalue weighted by Gasteiger charge is -2.14. The first-order valence-electron chi connectivity index (χ1n) is 5.89. The maximum atomic E-state index is 12.1. The van der Waals surface area contributed by atoms with E-state index in [0.717, 1.165) is 5.56 Å². The van der Waals surface area contributed by atoms with E-state index in [1.54, 1.807) is 35.1 Å². The second kappa shape index (κ2) is 5.09. The van der Waals surface area contributed by atoms with Crippen LogP contribution >= 0.6 is 0 Å². The number of carbonyl (C=O) groups is 2. The maximum Gasteiger partial charge on any atom is 0.270 e. The van der Waals surface area contributed by atoms with E-state index in [1.165, 1.54) is 6.92 Å². The van der Waals surface area contributed by atoms with Crippen LogP contribution in [0.2, 0.25) is 0 Å². The molecule has 0 saturated heterocycles. The Morgan fingerprint density at radius 2 is 2.21 bits per heavy atom. The van der Waals surface area contributed by atoms with Crippen LogP contribution in [0.15, 0.2) is 24.7 Å². The van der Waals surface area contributed by atoms with Gasteiger partial charge < -0.3 is 9.88 Å². The molecule has 1 N–H and O–H groups in total. The molecule has 0 saturated carbocycles. The third-order valence-electron chi connectivity index (χ3n) is 2.84. The molecule has 2 rings (SSSR count). The molecular formula is C13H16N4O2. The van der Waals surface area contributed by atoms with Crippen molar-refractivity contribution >= 4 is 11.7 Å². The van der Waals surface area contributed by atoms with Crippen molar-refractivity contribution in [1.82, 2.24) is 19.7 Å². The van der Waals surface area contributed by atoms with Gasteiger partial charge >= 0.3 is 0 Å². The molecule has 6 heteroatoms. The Kier molecular flexibility index (Phi) is 3.50. The number of aryl methyl sites for hydroxylation is 1. The minimum absolute atomic E-state index is 0.0646. The lowest BCUT2D eigenvalue weighted by atomic mass is 10.2. The summed E-state index contributed by atoms with van der Waals surface area (Å²) in [6, 6.07) is 1.57. The molecule has 100 valence electrons. The summed E-state index contributed by atoms with van der Waals surface area (Å²) in [6.07, 6.45) is 5.13. The summed E-state index contributed by atoms with van der Waals surface area (Å²) in [5, 5.41) is 4.06. The number of rotatable bonds is 4. The van der Waals surface area contributed by atoms with Gasteiger partial charge in [0.25, 0.3) is 5.91 Å². The van der Waals surface area contributed by atoms with E-state index >= 15 is 0 Å². The molecule has 2 aromatic rings. The van der Waals surface area contributed by atoms with Crippen molar-refractivity contribution in [3.8, 4) is 0 Å². The number of aromatic nitrogens is 3. The largest absolute Gasteiger partial charge is 0.356 e. The van der Waals surface area contributed by atoms with Gasteiger partial charge in [-0.15, -0.1) is 0 Å². The number of nitrogens with one attached hydrogen (secondary N) is 1. The Bertz CT molecular complexity index is 612. The molecular weight excluding hydrogens is 244 g/mol. The Labute approximate surface area is 111 Å². The minimum atomic E-state index is -0.156. The SMILES string of the molecule is CC(=O)c1c[nH]c(C(=O)N(C)Cc2cnn(C)c2)c1. The van der Waals surface area contributed by atoms with Gasteiger partial charge in [0.05, 0.1) is 6.20 Å². The van der Waals surface area contributed by atoms with Crippen LogP contribution < -0.4 is 0 Å². The average molecular weight is 260 g/mol. The molecule has 0 aromatic carbocycles. The fraction of sp³-hybridized carbons (Fsp3) is 0.308. The molecule has 0 radical (unpaired) electrons. The van der Waals surface area contributed by atoms with Gasteiger partial charge in [0, 0.05) is 44.2 Å². The van der Waals surface area contributed by atoms with E-state index < -0.39 is 0 Å². The van der Waals surface area contributed by atoms with Crippen LogP contribution in [0, 0.1) is 0 Å². The average Bonchev–Trinajstić information content (AvgIpc) is 2.97. The van der Waals surface area contributed by atoms with E-state index in [4.69, 9.17) is 0 Å². The lowest BCUT2D eigenvalue weighted by Crippen LogP contribution is -2.26. The molecule has 2 aromatic heterocycles. The van der Waals surface area contributed by atoms with Crippen LogP contribution in [-0.2, 0) is 13.6 Å². The summed E-state index contributed by atoms with van der Waals surface area (Å²) >= 11 is 0. The first kappa shape index (κ1) is 13.1. The van der Waals surface area contributed by atoms with Gasteiger partial charge in [-0.25, -0.2) is 0 Å².